The second kappa shape index (κ2) is 9.98. The molecule has 0 unspecified atom stereocenters. The Morgan fingerprint density at radius 3 is 2.42 bits per heavy atom. The van der Waals surface area contributed by atoms with Gasteiger partial charge in [-0.2, -0.15) is 12.7 Å². The first-order valence-electron chi connectivity index (χ1n) is 11.5. The molecule has 0 bridgehead atoms. The fourth-order valence-electron chi connectivity index (χ4n) is 3.80. The van der Waals surface area contributed by atoms with Crippen LogP contribution >= 0.6 is 0 Å². The van der Waals surface area contributed by atoms with Crippen molar-refractivity contribution in [3.05, 3.63) is 90.9 Å². The standard InChI is InChI=1S/C28H28N5O2.Pt/c1-19-20(2)33-17-24(16-25(27(33)30-19)32-13-12-31(6)18-32)34-22-8-7-9-23(15-22)35-26-14-21(10-11-29-26)28(3,4)5;/h7-14,17-18H,1-6H3;/q-3;. The molecule has 0 spiro atoms. The molecule has 1 aliphatic heterocycles. The summed E-state index contributed by atoms with van der Waals surface area (Å²) < 4.78 is 14.2. The number of imidazole rings is 1. The second-order valence-corrected chi connectivity index (χ2v) is 9.65. The van der Waals surface area contributed by atoms with Gasteiger partial charge in [0.1, 0.15) is 0 Å². The molecule has 0 fully saturated rings. The number of rotatable bonds is 5. The summed E-state index contributed by atoms with van der Waals surface area (Å²) in [4.78, 5) is 13.0. The molecule has 5 rings (SSSR count). The van der Waals surface area contributed by atoms with Crippen molar-refractivity contribution in [3.8, 4) is 23.1 Å². The predicted octanol–water partition coefficient (Wildman–Crippen LogP) is 6.17. The van der Waals surface area contributed by atoms with Crippen molar-refractivity contribution in [2.24, 2.45) is 0 Å². The zero-order valence-corrected chi connectivity index (χ0v) is 23.4. The molecule has 3 aromatic heterocycles. The van der Waals surface area contributed by atoms with Crippen LogP contribution in [-0.2, 0) is 26.5 Å². The number of fused-ring (bicyclic) bond motifs is 1. The number of aryl methyl sites for hydroxylation is 2. The van der Waals surface area contributed by atoms with Crippen LogP contribution in [0.25, 0.3) is 5.65 Å². The van der Waals surface area contributed by atoms with Crippen molar-refractivity contribution in [2.45, 2.75) is 40.0 Å². The maximum atomic E-state index is 6.20. The normalized spacial score (nSPS) is 13.3. The first-order chi connectivity index (χ1) is 16.7. The Balaban J connectivity index is 0.00000304. The van der Waals surface area contributed by atoms with E-state index in [0.29, 0.717) is 23.1 Å². The molecule has 0 aliphatic carbocycles. The predicted molar refractivity (Wildman–Crippen MR) is 136 cm³/mol. The van der Waals surface area contributed by atoms with Crippen LogP contribution in [0.3, 0.4) is 0 Å². The molecule has 8 heteroatoms. The zero-order valence-electron chi connectivity index (χ0n) is 21.1. The third-order valence-electron chi connectivity index (χ3n) is 5.89. The second-order valence-electron chi connectivity index (χ2n) is 9.65. The number of aromatic nitrogens is 3. The molecule has 0 saturated carbocycles. The molecule has 0 atom stereocenters. The van der Waals surface area contributed by atoms with Gasteiger partial charge < -0.3 is 23.7 Å². The average molecular weight is 662 g/mol. The van der Waals surface area contributed by atoms with Crippen LogP contribution in [0.4, 0.5) is 5.69 Å². The van der Waals surface area contributed by atoms with Gasteiger partial charge in [-0.25, -0.2) is 4.98 Å². The molecule has 0 saturated heterocycles. The summed E-state index contributed by atoms with van der Waals surface area (Å²) in [5.74, 6) is 2.11. The average Bonchev–Trinajstić information content (AvgIpc) is 3.36. The van der Waals surface area contributed by atoms with Gasteiger partial charge in [0, 0.05) is 67.6 Å². The number of ether oxygens (including phenoxy) is 2. The Hall–Kier alpha value is -3.31. The minimum Gasteiger partial charge on any atom is -0.510 e. The minimum atomic E-state index is 0. The van der Waals surface area contributed by atoms with E-state index in [0.717, 1.165) is 28.3 Å². The Morgan fingerprint density at radius 1 is 0.972 bits per heavy atom. The van der Waals surface area contributed by atoms with E-state index in [9.17, 15) is 0 Å². The van der Waals surface area contributed by atoms with Crippen molar-refractivity contribution in [1.82, 2.24) is 19.3 Å². The number of benzene rings is 1. The maximum absolute atomic E-state index is 6.20. The monoisotopic (exact) mass is 661 g/mol. The van der Waals surface area contributed by atoms with Crippen molar-refractivity contribution >= 4 is 11.3 Å². The van der Waals surface area contributed by atoms with E-state index in [2.05, 4.69) is 37.9 Å². The number of hydrogen-bond donors (Lipinski definition) is 0. The van der Waals surface area contributed by atoms with Crippen molar-refractivity contribution in [2.75, 3.05) is 11.9 Å². The van der Waals surface area contributed by atoms with E-state index >= 15 is 0 Å². The van der Waals surface area contributed by atoms with Gasteiger partial charge in [0.05, 0.1) is 0 Å². The summed E-state index contributed by atoms with van der Waals surface area (Å²) in [7, 11) is 1.97. The van der Waals surface area contributed by atoms with Gasteiger partial charge in [-0.3, -0.25) is 4.98 Å². The molecular formula is C28H28N5O2Pt-3. The van der Waals surface area contributed by atoms with Crippen molar-refractivity contribution < 1.29 is 30.5 Å². The topological polar surface area (TPSA) is 55.1 Å². The van der Waals surface area contributed by atoms with Gasteiger partial charge in [0.2, 0.25) is 5.88 Å². The Labute approximate surface area is 226 Å². The first kappa shape index (κ1) is 25.8. The van der Waals surface area contributed by atoms with E-state index in [4.69, 9.17) is 14.5 Å². The molecule has 1 aliphatic rings. The Kier molecular flexibility index (Phi) is 7.14. The molecule has 4 aromatic rings. The summed E-state index contributed by atoms with van der Waals surface area (Å²) in [5, 5.41) is 0. The van der Waals surface area contributed by atoms with E-state index in [1.807, 2.05) is 90.7 Å². The van der Waals surface area contributed by atoms with Crippen molar-refractivity contribution in [3.63, 3.8) is 0 Å². The molecule has 0 amide bonds. The van der Waals surface area contributed by atoms with Gasteiger partial charge in [0.25, 0.3) is 0 Å². The summed E-state index contributed by atoms with van der Waals surface area (Å²) in [6, 6.07) is 16.1. The molecular weight excluding hydrogens is 633 g/mol. The van der Waals surface area contributed by atoms with E-state index < -0.39 is 0 Å². The fourth-order valence-corrected chi connectivity index (χ4v) is 3.80. The fraction of sp³-hybridized carbons (Fsp3) is 0.250. The van der Waals surface area contributed by atoms with Crippen LogP contribution in [-0.4, -0.2) is 26.3 Å². The van der Waals surface area contributed by atoms with Crippen molar-refractivity contribution in [1.29, 1.82) is 0 Å². The molecule has 36 heavy (non-hydrogen) atoms. The summed E-state index contributed by atoms with van der Waals surface area (Å²) in [5.41, 5.74) is 4.77. The maximum Gasteiger partial charge on any atom is 0.216 e. The molecule has 0 radical (unpaired) electrons. The third-order valence-corrected chi connectivity index (χ3v) is 5.89. The van der Waals surface area contributed by atoms with Crippen LogP contribution in [0, 0.1) is 32.6 Å². The molecule has 190 valence electrons. The van der Waals surface area contributed by atoms with Gasteiger partial charge in [-0.05, 0) is 50.3 Å². The van der Waals surface area contributed by atoms with Crippen LogP contribution < -0.4 is 14.4 Å². The Bertz CT molecular complexity index is 1420. The number of hydrogen-bond acceptors (Lipinski definition) is 6. The number of nitrogens with zero attached hydrogens (tertiary/aromatic N) is 5. The van der Waals surface area contributed by atoms with E-state index in [1.54, 1.807) is 6.20 Å². The minimum absolute atomic E-state index is 0. The zero-order chi connectivity index (χ0) is 24.7. The first-order valence-corrected chi connectivity index (χ1v) is 11.5. The van der Waals surface area contributed by atoms with Crippen LogP contribution in [0.1, 0.15) is 37.7 Å². The van der Waals surface area contributed by atoms with Gasteiger partial charge in [-0.1, -0.05) is 38.7 Å². The van der Waals surface area contributed by atoms with Crippen LogP contribution in [0.2, 0.25) is 0 Å². The SMILES string of the molecule is Cc1nc2c(N3C=CN(C)[CH-]3)[c-]c(Oc3[c-]c(Oc4cc(C(C)(C)C)ccn4)ccc3)cn2c1C.[Pt]. The molecule has 1 aromatic carbocycles. The largest absolute Gasteiger partial charge is 0.510 e. The quantitative estimate of drug-likeness (QED) is 0.239. The van der Waals surface area contributed by atoms with Crippen LogP contribution in [0.15, 0.2) is 55.1 Å². The van der Waals surface area contributed by atoms with E-state index in [1.165, 1.54) is 0 Å². The third kappa shape index (κ3) is 5.26. The Morgan fingerprint density at radius 2 is 1.72 bits per heavy atom. The number of anilines is 1. The molecule has 4 heterocycles. The smallest absolute Gasteiger partial charge is 0.216 e. The molecule has 7 nitrogen and oxygen atoms in total. The van der Waals surface area contributed by atoms with E-state index in [-0.39, 0.29) is 26.5 Å². The number of pyridine rings is 2. The van der Waals surface area contributed by atoms with Gasteiger partial charge in [-0.15, -0.1) is 18.2 Å². The summed E-state index contributed by atoms with van der Waals surface area (Å²) in [6.07, 6.45) is 7.60. The van der Waals surface area contributed by atoms with Gasteiger partial charge >= 0.3 is 0 Å². The van der Waals surface area contributed by atoms with Crippen LogP contribution in [0.5, 0.6) is 23.1 Å². The summed E-state index contributed by atoms with van der Waals surface area (Å²) in [6.45, 7) is 12.5. The van der Waals surface area contributed by atoms with Gasteiger partial charge in [0.15, 0.2) is 0 Å². The summed E-state index contributed by atoms with van der Waals surface area (Å²) >= 11 is 0. The molecule has 0 N–H and O–H groups in total.